The number of hydrogen-bond acceptors (Lipinski definition) is 8. The molecule has 386 valence electrons. The van der Waals surface area contributed by atoms with Gasteiger partial charge in [0.05, 0.1) is 27.7 Å². The summed E-state index contributed by atoms with van der Waals surface area (Å²) >= 11 is 0. The van der Waals surface area contributed by atoms with Gasteiger partial charge in [-0.3, -0.25) is 14.2 Å². The zero-order valence-electron chi connectivity index (χ0n) is 43.6. The molecule has 0 bridgehead atoms. The van der Waals surface area contributed by atoms with Crippen molar-refractivity contribution in [2.75, 3.05) is 47.5 Å². The first-order valence-corrected chi connectivity index (χ1v) is 28.8. The Morgan fingerprint density at radius 2 is 0.818 bits per heavy atom. The lowest BCUT2D eigenvalue weighted by Crippen LogP contribution is -2.37. The van der Waals surface area contributed by atoms with Crippen LogP contribution in [0.15, 0.2) is 48.6 Å². The number of unbranched alkanes of at least 4 members (excludes halogenated alkanes) is 28. The van der Waals surface area contributed by atoms with Crippen LogP contribution in [0.1, 0.15) is 245 Å². The predicted octanol–water partition coefficient (Wildman–Crippen LogP) is 16.0. The van der Waals surface area contributed by atoms with Crippen LogP contribution in [0.2, 0.25) is 0 Å². The van der Waals surface area contributed by atoms with E-state index >= 15 is 0 Å². The van der Waals surface area contributed by atoms with Crippen LogP contribution in [0.4, 0.5) is 0 Å². The van der Waals surface area contributed by atoms with Gasteiger partial charge in [0.1, 0.15) is 19.8 Å². The molecule has 2 atom stereocenters. The summed E-state index contributed by atoms with van der Waals surface area (Å²) in [6.45, 7) is 4.22. The Morgan fingerprint density at radius 1 is 0.470 bits per heavy atom. The third-order valence-electron chi connectivity index (χ3n) is 11.8. The molecular formula is C56H104NO8P. The molecule has 0 amide bonds. The summed E-state index contributed by atoms with van der Waals surface area (Å²) < 4.78 is 34.1. The van der Waals surface area contributed by atoms with E-state index in [1.54, 1.807) is 0 Å². The van der Waals surface area contributed by atoms with Gasteiger partial charge in [0, 0.05) is 12.8 Å². The molecule has 0 fully saturated rings. The number of carbonyl (C=O) groups is 2. The summed E-state index contributed by atoms with van der Waals surface area (Å²) in [6, 6.07) is 0. The van der Waals surface area contributed by atoms with Gasteiger partial charge in [-0.1, -0.05) is 204 Å². The van der Waals surface area contributed by atoms with Crippen LogP contribution >= 0.6 is 7.82 Å². The van der Waals surface area contributed by atoms with E-state index in [0.717, 1.165) is 70.6 Å². The fourth-order valence-electron chi connectivity index (χ4n) is 7.54. The van der Waals surface area contributed by atoms with Crippen molar-refractivity contribution in [2.24, 2.45) is 0 Å². The van der Waals surface area contributed by atoms with Gasteiger partial charge < -0.3 is 27.9 Å². The van der Waals surface area contributed by atoms with Crippen LogP contribution in [-0.2, 0) is 32.7 Å². The van der Waals surface area contributed by atoms with Crippen molar-refractivity contribution in [1.82, 2.24) is 0 Å². The van der Waals surface area contributed by atoms with Gasteiger partial charge in [-0.25, -0.2) is 0 Å². The number of hydrogen-bond donors (Lipinski definition) is 0. The highest BCUT2D eigenvalue weighted by Crippen LogP contribution is 2.38. The summed E-state index contributed by atoms with van der Waals surface area (Å²) in [4.78, 5) is 37.7. The van der Waals surface area contributed by atoms with Crippen molar-refractivity contribution in [2.45, 2.75) is 251 Å². The zero-order valence-corrected chi connectivity index (χ0v) is 44.5. The molecule has 9 nitrogen and oxygen atoms in total. The number of ether oxygens (including phenoxy) is 2. The monoisotopic (exact) mass is 950 g/mol. The quantitative estimate of drug-likeness (QED) is 0.0195. The standard InChI is InChI=1S/C56H104NO8P/c1-6-8-10-12-14-16-18-20-22-23-24-25-26-27-28-29-30-31-32-33-35-37-39-41-43-45-47-49-56(59)65-54(53-64-66(60,61)63-51-50-57(3,4)5)52-62-55(58)48-46-44-42-40-38-36-34-21-19-17-15-13-11-9-7-2/h18,20-21,23-24,26-27,34,54H,6-17,19,22,25,28-33,35-53H2,1-5H3/b20-18-,24-23-,27-26-,34-21-. The topological polar surface area (TPSA) is 111 Å². The minimum absolute atomic E-state index is 0.0329. The van der Waals surface area contributed by atoms with Crippen LogP contribution < -0.4 is 4.89 Å². The molecular weight excluding hydrogens is 846 g/mol. The molecule has 0 saturated carbocycles. The summed E-state index contributed by atoms with van der Waals surface area (Å²) in [7, 11) is 1.16. The van der Waals surface area contributed by atoms with Crippen molar-refractivity contribution in [3.8, 4) is 0 Å². The number of phosphoric acid groups is 1. The molecule has 10 heteroatoms. The molecule has 0 aliphatic carbocycles. The average Bonchev–Trinajstić information content (AvgIpc) is 3.27. The Bertz CT molecular complexity index is 1260. The molecule has 0 saturated heterocycles. The summed E-state index contributed by atoms with van der Waals surface area (Å²) in [5.41, 5.74) is 0. The molecule has 0 aromatic carbocycles. The second-order valence-electron chi connectivity index (χ2n) is 19.6. The minimum Gasteiger partial charge on any atom is -0.756 e. The van der Waals surface area contributed by atoms with Crippen molar-refractivity contribution < 1.29 is 42.1 Å². The number of nitrogens with zero attached hydrogens (tertiary/aromatic N) is 1. The first kappa shape index (κ1) is 64.0. The normalized spacial score (nSPS) is 13.7. The maximum Gasteiger partial charge on any atom is 0.306 e. The van der Waals surface area contributed by atoms with E-state index < -0.39 is 32.5 Å². The summed E-state index contributed by atoms with van der Waals surface area (Å²) in [6.07, 6.45) is 58.6. The third-order valence-corrected chi connectivity index (χ3v) is 12.8. The first-order chi connectivity index (χ1) is 32.0. The van der Waals surface area contributed by atoms with E-state index in [1.165, 1.54) is 141 Å². The van der Waals surface area contributed by atoms with Crippen LogP contribution in [0.25, 0.3) is 0 Å². The molecule has 66 heavy (non-hydrogen) atoms. The predicted molar refractivity (Wildman–Crippen MR) is 277 cm³/mol. The SMILES string of the molecule is CCCCCCC/C=C\C/C=C\C/C=C\CCCCCCCCCCCCCCC(=O)OC(COC(=O)CCCCCCC/C=C\CCCCCCCC)COP(=O)([O-])OCC[N+](C)(C)C. The average molecular weight is 950 g/mol. The maximum absolute atomic E-state index is 12.8. The Labute approximate surface area is 407 Å². The van der Waals surface area contributed by atoms with E-state index in [0.29, 0.717) is 17.4 Å². The Balaban J connectivity index is 4.17. The maximum atomic E-state index is 12.8. The molecule has 0 rings (SSSR count). The van der Waals surface area contributed by atoms with Gasteiger partial charge in [0.25, 0.3) is 7.82 Å². The fourth-order valence-corrected chi connectivity index (χ4v) is 8.27. The number of rotatable bonds is 50. The first-order valence-electron chi connectivity index (χ1n) is 27.3. The largest absolute Gasteiger partial charge is 0.756 e. The lowest BCUT2D eigenvalue weighted by Gasteiger charge is -2.28. The number of carbonyl (C=O) groups excluding carboxylic acids is 2. The van der Waals surface area contributed by atoms with Crippen LogP contribution in [0, 0.1) is 0 Å². The highest BCUT2D eigenvalue weighted by molar-refractivity contribution is 7.45. The third kappa shape index (κ3) is 51.4. The molecule has 2 unspecified atom stereocenters. The van der Waals surface area contributed by atoms with E-state index in [-0.39, 0.29) is 26.1 Å². The van der Waals surface area contributed by atoms with Crippen molar-refractivity contribution >= 4 is 19.8 Å². The van der Waals surface area contributed by atoms with E-state index in [4.69, 9.17) is 18.5 Å². The van der Waals surface area contributed by atoms with E-state index in [1.807, 2.05) is 21.1 Å². The van der Waals surface area contributed by atoms with Gasteiger partial charge in [-0.05, 0) is 77.0 Å². The van der Waals surface area contributed by atoms with Gasteiger partial charge in [0.15, 0.2) is 6.10 Å². The zero-order chi connectivity index (χ0) is 48.5. The number of esters is 2. The summed E-state index contributed by atoms with van der Waals surface area (Å²) in [5, 5.41) is 0. The molecule has 0 aromatic rings. The molecule has 0 aliphatic heterocycles. The van der Waals surface area contributed by atoms with Gasteiger partial charge >= 0.3 is 11.9 Å². The number of quaternary nitrogens is 1. The highest BCUT2D eigenvalue weighted by Gasteiger charge is 2.21. The Kier molecular flexibility index (Phi) is 46.5. The number of likely N-dealkylation sites (N-methyl/N-ethyl adjacent to an activating group) is 1. The van der Waals surface area contributed by atoms with Crippen LogP contribution in [0.3, 0.4) is 0 Å². The highest BCUT2D eigenvalue weighted by atomic mass is 31.2. The van der Waals surface area contributed by atoms with E-state index in [2.05, 4.69) is 62.5 Å². The van der Waals surface area contributed by atoms with E-state index in [9.17, 15) is 19.0 Å². The second kappa shape index (κ2) is 48.0. The van der Waals surface area contributed by atoms with Crippen LogP contribution in [-0.4, -0.2) is 70.0 Å². The second-order valence-corrected chi connectivity index (χ2v) is 21.0. The van der Waals surface area contributed by atoms with Crippen molar-refractivity contribution in [3.63, 3.8) is 0 Å². The smallest absolute Gasteiger partial charge is 0.306 e. The number of phosphoric ester groups is 1. The number of allylic oxidation sites excluding steroid dienone is 8. The minimum atomic E-state index is -4.63. The molecule has 0 aliphatic rings. The van der Waals surface area contributed by atoms with Crippen LogP contribution in [0.5, 0.6) is 0 Å². The molecule has 0 aromatic heterocycles. The van der Waals surface area contributed by atoms with Crippen molar-refractivity contribution in [3.05, 3.63) is 48.6 Å². The fraction of sp³-hybridized carbons (Fsp3) is 0.821. The summed E-state index contributed by atoms with van der Waals surface area (Å²) in [5.74, 6) is -0.840. The van der Waals surface area contributed by atoms with Crippen molar-refractivity contribution in [1.29, 1.82) is 0 Å². The van der Waals surface area contributed by atoms with Gasteiger partial charge in [-0.2, -0.15) is 0 Å². The molecule has 0 N–H and O–H groups in total. The molecule has 0 spiro atoms. The Hall–Kier alpha value is -2.03. The van der Waals surface area contributed by atoms with Gasteiger partial charge in [0.2, 0.25) is 0 Å². The lowest BCUT2D eigenvalue weighted by molar-refractivity contribution is -0.870. The van der Waals surface area contributed by atoms with Gasteiger partial charge in [-0.15, -0.1) is 0 Å². The Morgan fingerprint density at radius 3 is 1.23 bits per heavy atom. The molecule has 0 heterocycles. The lowest BCUT2D eigenvalue weighted by atomic mass is 10.0. The molecule has 0 radical (unpaired) electrons.